The smallest absolute Gasteiger partial charge is 0.323 e. The summed E-state index contributed by atoms with van der Waals surface area (Å²) in [5, 5.41) is 26.5. The van der Waals surface area contributed by atoms with E-state index in [1.54, 1.807) is 0 Å². The number of hydrogen-bond donors (Lipinski definition) is 4. The number of aliphatic carboxylic acids is 1. The molecule has 2 atom stereocenters. The number of aliphatic hydroxyl groups excluding tert-OH is 1. The highest BCUT2D eigenvalue weighted by molar-refractivity contribution is 5.77. The monoisotopic (exact) mass is 177 g/mol. The van der Waals surface area contributed by atoms with Gasteiger partial charge in [0.1, 0.15) is 5.54 Å². The maximum atomic E-state index is 10.5. The van der Waals surface area contributed by atoms with Gasteiger partial charge >= 0.3 is 5.97 Å². The lowest BCUT2D eigenvalue weighted by atomic mass is 9.88. The average Bonchev–Trinajstić information content (AvgIpc) is 1.85. The molecule has 0 spiro atoms. The van der Waals surface area contributed by atoms with E-state index >= 15 is 0 Å². The van der Waals surface area contributed by atoms with Gasteiger partial charge in [-0.2, -0.15) is 0 Å². The van der Waals surface area contributed by atoms with Gasteiger partial charge in [0, 0.05) is 6.42 Å². The van der Waals surface area contributed by atoms with Crippen LogP contribution in [-0.4, -0.2) is 39.0 Å². The van der Waals surface area contributed by atoms with Gasteiger partial charge in [0.15, 0.2) is 0 Å². The molecular weight excluding hydrogens is 162 g/mol. The molecule has 0 aliphatic carbocycles. The van der Waals surface area contributed by atoms with Gasteiger partial charge in [-0.15, -0.1) is 0 Å². The Morgan fingerprint density at radius 1 is 1.50 bits per heavy atom. The Bertz CT molecular complexity index is 176. The van der Waals surface area contributed by atoms with Gasteiger partial charge in [-0.1, -0.05) is 0 Å². The predicted octanol–water partition coefficient (Wildman–Crippen LogP) is -1.08. The van der Waals surface area contributed by atoms with Crippen molar-refractivity contribution in [2.75, 3.05) is 6.61 Å². The molecule has 5 N–H and O–H groups in total. The number of rotatable bonds is 4. The third-order valence-corrected chi connectivity index (χ3v) is 1.58. The molecule has 0 aliphatic rings. The summed E-state index contributed by atoms with van der Waals surface area (Å²) >= 11 is 0. The fourth-order valence-corrected chi connectivity index (χ4v) is 0.923. The number of carboxylic acid groups (broad SMARTS) is 1. The van der Waals surface area contributed by atoms with E-state index < -0.39 is 23.7 Å². The van der Waals surface area contributed by atoms with Gasteiger partial charge in [0.05, 0.1) is 12.2 Å². The second kappa shape index (κ2) is 3.38. The molecule has 12 heavy (non-hydrogen) atoms. The van der Waals surface area contributed by atoms with Crippen molar-refractivity contribution >= 4 is 5.97 Å². The minimum absolute atomic E-state index is 0.189. The molecule has 72 valence electrons. The molecule has 0 heterocycles. The summed E-state index contributed by atoms with van der Waals surface area (Å²) in [5.74, 6) is -1.20. The second-order valence-electron chi connectivity index (χ2n) is 3.55. The molecular formula is C7H15NO4. The highest BCUT2D eigenvalue weighted by Crippen LogP contribution is 2.17. The summed E-state index contributed by atoms with van der Waals surface area (Å²) in [4.78, 5) is 10.5. The molecule has 0 saturated heterocycles. The second-order valence-corrected chi connectivity index (χ2v) is 3.55. The zero-order valence-corrected chi connectivity index (χ0v) is 7.24. The Labute approximate surface area is 70.8 Å². The molecule has 5 nitrogen and oxygen atoms in total. The van der Waals surface area contributed by atoms with E-state index in [0.29, 0.717) is 0 Å². The molecule has 0 saturated carbocycles. The SMILES string of the molecule is CC(O)(CO)CC(C)(N)C(=O)O. The van der Waals surface area contributed by atoms with E-state index in [0.717, 1.165) is 0 Å². The Balaban J connectivity index is 4.34. The number of carbonyl (C=O) groups is 1. The first-order chi connectivity index (χ1) is 5.21. The van der Waals surface area contributed by atoms with E-state index in [2.05, 4.69) is 0 Å². The summed E-state index contributed by atoms with van der Waals surface area (Å²) in [6, 6.07) is 0. The first kappa shape index (κ1) is 11.4. The number of nitrogens with two attached hydrogens (primary N) is 1. The van der Waals surface area contributed by atoms with Gasteiger partial charge in [-0.05, 0) is 13.8 Å². The minimum atomic E-state index is -1.51. The molecule has 0 aromatic rings. The summed E-state index contributed by atoms with van der Waals surface area (Å²) in [7, 11) is 0. The summed E-state index contributed by atoms with van der Waals surface area (Å²) in [6.45, 7) is 2.12. The van der Waals surface area contributed by atoms with Crippen molar-refractivity contribution in [2.24, 2.45) is 5.73 Å². The number of aliphatic hydroxyl groups is 2. The number of carboxylic acids is 1. The lowest BCUT2D eigenvalue weighted by molar-refractivity contribution is -0.145. The van der Waals surface area contributed by atoms with Gasteiger partial charge < -0.3 is 21.1 Å². The maximum Gasteiger partial charge on any atom is 0.323 e. The molecule has 5 heteroatoms. The van der Waals surface area contributed by atoms with E-state index in [1.165, 1.54) is 13.8 Å². The van der Waals surface area contributed by atoms with Gasteiger partial charge in [0.2, 0.25) is 0 Å². The van der Waals surface area contributed by atoms with Crippen LogP contribution in [0.3, 0.4) is 0 Å². The van der Waals surface area contributed by atoms with Crippen LogP contribution in [0.1, 0.15) is 20.3 Å². The lowest BCUT2D eigenvalue weighted by Crippen LogP contribution is -2.51. The van der Waals surface area contributed by atoms with E-state index in [9.17, 15) is 9.90 Å². The van der Waals surface area contributed by atoms with Gasteiger partial charge in [0.25, 0.3) is 0 Å². The first-order valence-electron chi connectivity index (χ1n) is 3.57. The predicted molar refractivity (Wildman–Crippen MR) is 42.6 cm³/mol. The van der Waals surface area contributed by atoms with Crippen LogP contribution in [-0.2, 0) is 4.79 Å². The van der Waals surface area contributed by atoms with Crippen LogP contribution in [0.25, 0.3) is 0 Å². The normalized spacial score (nSPS) is 21.1. The molecule has 0 amide bonds. The van der Waals surface area contributed by atoms with Crippen LogP contribution >= 0.6 is 0 Å². The van der Waals surface area contributed by atoms with E-state index in [1.807, 2.05) is 0 Å². The van der Waals surface area contributed by atoms with E-state index in [4.69, 9.17) is 15.9 Å². The van der Waals surface area contributed by atoms with E-state index in [-0.39, 0.29) is 6.42 Å². The minimum Gasteiger partial charge on any atom is -0.480 e. The van der Waals surface area contributed by atoms with Crippen LogP contribution in [0.4, 0.5) is 0 Å². The Hall–Kier alpha value is -0.650. The molecule has 0 aromatic heterocycles. The molecule has 0 radical (unpaired) electrons. The fraction of sp³-hybridized carbons (Fsp3) is 0.857. The molecule has 0 fully saturated rings. The van der Waals surface area contributed by atoms with Crippen molar-refractivity contribution in [1.82, 2.24) is 0 Å². The van der Waals surface area contributed by atoms with Crippen LogP contribution in [0.15, 0.2) is 0 Å². The Morgan fingerprint density at radius 2 is 1.92 bits per heavy atom. The largest absolute Gasteiger partial charge is 0.480 e. The molecule has 0 aliphatic heterocycles. The van der Waals surface area contributed by atoms with Gasteiger partial charge in [-0.3, -0.25) is 4.79 Å². The third-order valence-electron chi connectivity index (χ3n) is 1.58. The van der Waals surface area contributed by atoms with Crippen LogP contribution in [0.2, 0.25) is 0 Å². The quantitative estimate of drug-likeness (QED) is 0.437. The Kier molecular flexibility index (Phi) is 3.20. The summed E-state index contributed by atoms with van der Waals surface area (Å²) < 4.78 is 0. The summed E-state index contributed by atoms with van der Waals surface area (Å²) in [5.41, 5.74) is 2.40. The maximum absolute atomic E-state index is 10.5. The topological polar surface area (TPSA) is 104 Å². The van der Waals surface area contributed by atoms with Crippen molar-refractivity contribution in [3.8, 4) is 0 Å². The summed E-state index contributed by atoms with van der Waals surface area (Å²) in [6.07, 6.45) is -0.189. The van der Waals surface area contributed by atoms with Gasteiger partial charge in [-0.25, -0.2) is 0 Å². The molecule has 2 unspecified atom stereocenters. The Morgan fingerprint density at radius 3 is 2.17 bits per heavy atom. The van der Waals surface area contributed by atoms with Crippen molar-refractivity contribution in [3.05, 3.63) is 0 Å². The van der Waals surface area contributed by atoms with Crippen LogP contribution in [0.5, 0.6) is 0 Å². The van der Waals surface area contributed by atoms with Crippen LogP contribution < -0.4 is 5.73 Å². The fourth-order valence-electron chi connectivity index (χ4n) is 0.923. The first-order valence-corrected chi connectivity index (χ1v) is 3.57. The third kappa shape index (κ3) is 3.17. The molecule has 0 aromatic carbocycles. The van der Waals surface area contributed by atoms with Crippen molar-refractivity contribution < 1.29 is 20.1 Å². The lowest BCUT2D eigenvalue weighted by Gasteiger charge is -2.28. The zero-order chi connectivity index (χ0) is 9.99. The average molecular weight is 177 g/mol. The molecule has 0 rings (SSSR count). The molecule has 0 bridgehead atoms. The standard InChI is InChI=1S/C7H15NO4/c1-6(12,4-9)3-7(2,8)5(10)11/h9,12H,3-4,8H2,1-2H3,(H,10,11). The zero-order valence-electron chi connectivity index (χ0n) is 7.24. The highest BCUT2D eigenvalue weighted by Gasteiger charge is 2.36. The highest BCUT2D eigenvalue weighted by atomic mass is 16.4. The number of hydrogen-bond acceptors (Lipinski definition) is 4. The van der Waals surface area contributed by atoms with Crippen LogP contribution in [0, 0.1) is 0 Å². The van der Waals surface area contributed by atoms with Crippen molar-refractivity contribution in [1.29, 1.82) is 0 Å². The van der Waals surface area contributed by atoms with Crippen molar-refractivity contribution in [3.63, 3.8) is 0 Å². The van der Waals surface area contributed by atoms with Crippen molar-refractivity contribution in [2.45, 2.75) is 31.4 Å².